The van der Waals surface area contributed by atoms with E-state index in [-0.39, 0.29) is 18.1 Å². The number of carboxylic acids is 1. The van der Waals surface area contributed by atoms with Crippen molar-refractivity contribution in [2.24, 2.45) is 5.41 Å². The molecule has 0 atom stereocenters. The van der Waals surface area contributed by atoms with E-state index in [2.05, 4.69) is 4.74 Å². The number of rotatable bonds is 5. The molecule has 0 aromatic heterocycles. The van der Waals surface area contributed by atoms with Gasteiger partial charge in [-0.05, 0) is 49.4 Å². The molecule has 1 saturated carbocycles. The van der Waals surface area contributed by atoms with Crippen LogP contribution in [0.4, 0.5) is 14.5 Å². The summed E-state index contributed by atoms with van der Waals surface area (Å²) in [6.45, 7) is -2.38. The van der Waals surface area contributed by atoms with E-state index in [0.29, 0.717) is 37.9 Å². The Balaban J connectivity index is 1.79. The van der Waals surface area contributed by atoms with Gasteiger partial charge in [-0.25, -0.2) is 0 Å². The number of carbonyl (C=O) groups is 2. The first-order chi connectivity index (χ1) is 11.4. The number of fused-ring (bicyclic) bond motifs is 1. The first-order valence-electron chi connectivity index (χ1n) is 8.03. The molecule has 7 heteroatoms. The zero-order chi connectivity index (χ0) is 17.3. The van der Waals surface area contributed by atoms with Crippen molar-refractivity contribution in [1.29, 1.82) is 0 Å². The monoisotopic (exact) mass is 339 g/mol. The van der Waals surface area contributed by atoms with Crippen molar-refractivity contribution in [3.63, 3.8) is 0 Å². The largest absolute Gasteiger partial charge is 0.481 e. The van der Waals surface area contributed by atoms with Gasteiger partial charge in [-0.2, -0.15) is 8.78 Å². The van der Waals surface area contributed by atoms with Gasteiger partial charge in [0.1, 0.15) is 5.75 Å². The van der Waals surface area contributed by atoms with Gasteiger partial charge in [0.15, 0.2) is 0 Å². The Morgan fingerprint density at radius 2 is 2.04 bits per heavy atom. The predicted octanol–water partition coefficient (Wildman–Crippen LogP) is 3.21. The Kier molecular flexibility index (Phi) is 4.43. The van der Waals surface area contributed by atoms with Crippen LogP contribution < -0.4 is 9.64 Å². The highest BCUT2D eigenvalue weighted by Gasteiger charge is 2.47. The van der Waals surface area contributed by atoms with Crippen LogP contribution in [0.15, 0.2) is 18.2 Å². The van der Waals surface area contributed by atoms with E-state index in [9.17, 15) is 23.5 Å². The smallest absolute Gasteiger partial charge is 0.387 e. The predicted molar refractivity (Wildman–Crippen MR) is 82.3 cm³/mol. The van der Waals surface area contributed by atoms with Gasteiger partial charge in [0.05, 0.1) is 5.41 Å². The third kappa shape index (κ3) is 3.07. The van der Waals surface area contributed by atoms with Gasteiger partial charge in [-0.15, -0.1) is 0 Å². The third-order valence-electron chi connectivity index (χ3n) is 4.95. The lowest BCUT2D eigenvalue weighted by atomic mass is 9.66. The second kappa shape index (κ2) is 6.37. The lowest BCUT2D eigenvalue weighted by molar-refractivity contribution is -0.157. The first kappa shape index (κ1) is 16.7. The minimum absolute atomic E-state index is 0.0168. The fourth-order valence-corrected chi connectivity index (χ4v) is 3.46. The van der Waals surface area contributed by atoms with Crippen LogP contribution in [0.5, 0.6) is 5.75 Å². The van der Waals surface area contributed by atoms with E-state index >= 15 is 0 Å². The number of carboxylic acid groups (broad SMARTS) is 1. The molecule has 0 unspecified atom stereocenters. The van der Waals surface area contributed by atoms with Crippen LogP contribution in [0.25, 0.3) is 0 Å². The molecule has 24 heavy (non-hydrogen) atoms. The lowest BCUT2D eigenvalue weighted by Crippen LogP contribution is -2.45. The van der Waals surface area contributed by atoms with Crippen LogP contribution in [0.1, 0.15) is 37.7 Å². The molecule has 5 nitrogen and oxygen atoms in total. The van der Waals surface area contributed by atoms with E-state index < -0.39 is 18.0 Å². The molecule has 1 amide bonds. The van der Waals surface area contributed by atoms with Gasteiger partial charge >= 0.3 is 12.6 Å². The molecule has 0 radical (unpaired) electrons. The zero-order valence-corrected chi connectivity index (χ0v) is 13.1. The Bertz CT molecular complexity index is 658. The van der Waals surface area contributed by atoms with Crippen molar-refractivity contribution >= 4 is 17.6 Å². The number of ether oxygens (including phenoxy) is 1. The first-order valence-corrected chi connectivity index (χ1v) is 8.03. The number of hydrogen-bond donors (Lipinski definition) is 1. The summed E-state index contributed by atoms with van der Waals surface area (Å²) in [5.41, 5.74) is 0.492. The number of anilines is 1. The Morgan fingerprint density at radius 3 is 2.62 bits per heavy atom. The minimum Gasteiger partial charge on any atom is -0.481 e. The van der Waals surface area contributed by atoms with Gasteiger partial charge < -0.3 is 14.7 Å². The summed E-state index contributed by atoms with van der Waals surface area (Å²) < 4.78 is 29.0. The van der Waals surface area contributed by atoms with Crippen LogP contribution >= 0.6 is 0 Å². The van der Waals surface area contributed by atoms with Crippen LogP contribution in [0, 0.1) is 5.41 Å². The standard InChI is InChI=1S/C17H19F2NO4/c18-16(19)24-12-4-5-13-11(9-12)3-1-8-20(13)14(21)10-17(15(22)23)6-2-7-17/h4-5,9,16H,1-3,6-8,10H2,(H,22,23). The van der Waals surface area contributed by atoms with E-state index in [4.69, 9.17) is 0 Å². The summed E-state index contributed by atoms with van der Waals surface area (Å²) in [6.07, 6.45) is 3.23. The summed E-state index contributed by atoms with van der Waals surface area (Å²) in [4.78, 5) is 25.7. The van der Waals surface area contributed by atoms with Gasteiger partial charge in [0.25, 0.3) is 0 Å². The van der Waals surface area contributed by atoms with E-state index in [1.165, 1.54) is 12.1 Å². The van der Waals surface area contributed by atoms with Gasteiger partial charge in [-0.1, -0.05) is 6.42 Å². The topological polar surface area (TPSA) is 66.8 Å². The number of amides is 1. The molecule has 1 heterocycles. The number of aryl methyl sites for hydroxylation is 1. The molecule has 1 aliphatic heterocycles. The fraction of sp³-hybridized carbons (Fsp3) is 0.529. The highest BCUT2D eigenvalue weighted by Crippen LogP contribution is 2.45. The van der Waals surface area contributed by atoms with Gasteiger partial charge in [0.2, 0.25) is 5.91 Å². The summed E-state index contributed by atoms with van der Waals surface area (Å²) in [6, 6.07) is 4.53. The van der Waals surface area contributed by atoms with Gasteiger partial charge in [-0.3, -0.25) is 9.59 Å². The maximum atomic E-state index is 12.6. The number of nitrogens with zero attached hydrogens (tertiary/aromatic N) is 1. The normalized spacial score (nSPS) is 18.7. The summed E-state index contributed by atoms with van der Waals surface area (Å²) in [7, 11) is 0. The highest BCUT2D eigenvalue weighted by atomic mass is 19.3. The van der Waals surface area contributed by atoms with Crippen molar-refractivity contribution in [1.82, 2.24) is 0 Å². The van der Waals surface area contributed by atoms with Crippen molar-refractivity contribution < 1.29 is 28.2 Å². The second-order valence-electron chi connectivity index (χ2n) is 6.43. The van der Waals surface area contributed by atoms with E-state index in [1.54, 1.807) is 11.0 Å². The number of halogens is 2. The molecule has 1 N–H and O–H groups in total. The zero-order valence-electron chi connectivity index (χ0n) is 13.1. The summed E-state index contributed by atoms with van der Waals surface area (Å²) >= 11 is 0. The molecule has 130 valence electrons. The number of aliphatic carboxylic acids is 1. The van der Waals surface area contributed by atoms with Crippen molar-refractivity contribution in [2.45, 2.75) is 45.1 Å². The highest BCUT2D eigenvalue weighted by molar-refractivity contribution is 5.97. The molecular weight excluding hydrogens is 320 g/mol. The molecule has 1 fully saturated rings. The molecule has 1 aliphatic carbocycles. The van der Waals surface area contributed by atoms with E-state index in [1.807, 2.05) is 0 Å². The second-order valence-corrected chi connectivity index (χ2v) is 6.43. The van der Waals surface area contributed by atoms with Crippen LogP contribution in [-0.4, -0.2) is 30.1 Å². The maximum absolute atomic E-state index is 12.6. The summed E-state index contributed by atoms with van der Waals surface area (Å²) in [5, 5.41) is 9.39. The Hall–Kier alpha value is -2.18. The molecule has 0 bridgehead atoms. The van der Waals surface area contributed by atoms with E-state index in [0.717, 1.165) is 12.0 Å². The number of benzene rings is 1. The quantitative estimate of drug-likeness (QED) is 0.894. The lowest BCUT2D eigenvalue weighted by Gasteiger charge is -2.39. The average molecular weight is 339 g/mol. The molecule has 0 saturated heterocycles. The number of carbonyl (C=O) groups excluding carboxylic acids is 1. The average Bonchev–Trinajstić information content (AvgIpc) is 2.48. The van der Waals surface area contributed by atoms with Crippen molar-refractivity contribution in [3.05, 3.63) is 23.8 Å². The fourth-order valence-electron chi connectivity index (χ4n) is 3.46. The molecular formula is C17H19F2NO4. The number of hydrogen-bond acceptors (Lipinski definition) is 3. The summed E-state index contributed by atoms with van der Waals surface area (Å²) in [5.74, 6) is -1.07. The van der Waals surface area contributed by atoms with Crippen molar-refractivity contribution in [3.8, 4) is 5.75 Å². The number of alkyl halides is 2. The van der Waals surface area contributed by atoms with Crippen molar-refractivity contribution in [2.75, 3.05) is 11.4 Å². The minimum atomic E-state index is -2.89. The maximum Gasteiger partial charge on any atom is 0.387 e. The molecule has 3 rings (SSSR count). The van der Waals surface area contributed by atoms with Crippen LogP contribution in [0.2, 0.25) is 0 Å². The van der Waals surface area contributed by atoms with Crippen LogP contribution in [0.3, 0.4) is 0 Å². The van der Waals surface area contributed by atoms with Gasteiger partial charge in [0, 0.05) is 18.7 Å². The molecule has 1 aromatic carbocycles. The molecule has 1 aromatic rings. The molecule has 0 spiro atoms. The Morgan fingerprint density at radius 1 is 1.29 bits per heavy atom. The molecule has 2 aliphatic rings. The Labute approximate surface area is 138 Å². The van der Waals surface area contributed by atoms with Crippen LogP contribution in [-0.2, 0) is 16.0 Å². The third-order valence-corrected chi connectivity index (χ3v) is 4.95. The SMILES string of the molecule is O=C(CC1(C(=O)O)CCC1)N1CCCc2cc(OC(F)F)ccc21.